The van der Waals surface area contributed by atoms with Gasteiger partial charge in [-0.25, -0.2) is 9.37 Å². The number of aryl methyl sites for hydroxylation is 1. The van der Waals surface area contributed by atoms with Gasteiger partial charge in [-0.2, -0.15) is 0 Å². The van der Waals surface area contributed by atoms with E-state index in [4.69, 9.17) is 4.42 Å². The number of amides is 1. The van der Waals surface area contributed by atoms with Crippen molar-refractivity contribution in [3.05, 3.63) is 41.5 Å². The maximum atomic E-state index is 13.5. The van der Waals surface area contributed by atoms with Gasteiger partial charge < -0.3 is 14.6 Å². The zero-order chi connectivity index (χ0) is 24.3. The Bertz CT molecular complexity index is 887. The van der Waals surface area contributed by atoms with Crippen molar-refractivity contribution in [3.63, 3.8) is 0 Å². The molecule has 7 heteroatoms. The second-order valence-electron chi connectivity index (χ2n) is 9.21. The maximum Gasteiger partial charge on any atom is 0.226 e. The molecule has 2 fully saturated rings. The molecule has 3 heterocycles. The van der Waals surface area contributed by atoms with Crippen LogP contribution in [0.25, 0.3) is 11.5 Å². The number of hydrogen-bond acceptors (Lipinski definition) is 5. The number of benzene rings is 1. The first-order chi connectivity index (χ1) is 16.6. The summed E-state index contributed by atoms with van der Waals surface area (Å²) in [5.41, 5.74) is 2.22. The van der Waals surface area contributed by atoms with E-state index in [2.05, 4.69) is 20.1 Å². The number of nitrogens with one attached hydrogen (secondary N) is 1. The molecule has 0 atom stereocenters. The highest BCUT2D eigenvalue weighted by Gasteiger charge is 2.25. The van der Waals surface area contributed by atoms with Gasteiger partial charge in [0.1, 0.15) is 12.1 Å². The first kappa shape index (κ1) is 26.4. The van der Waals surface area contributed by atoms with E-state index in [9.17, 15) is 9.18 Å². The van der Waals surface area contributed by atoms with Gasteiger partial charge in [0.05, 0.1) is 5.69 Å². The molecule has 0 radical (unpaired) electrons. The standard InChI is InChI=1S/C25H35FN4O2.C2H6/c1-19-16-21(6-7-23(19)26)25-28-22(18-32-25)17-30-14-8-20(9-15-30)24(31)27-10-5-13-29-11-3-2-4-12-29;1-2/h6-7,16,18,20H,2-5,8-15,17H2,1H3,(H,27,31);1-2H3. The van der Waals surface area contributed by atoms with Crippen LogP contribution in [0.2, 0.25) is 0 Å². The number of oxazole rings is 1. The summed E-state index contributed by atoms with van der Waals surface area (Å²) in [6.07, 6.45) is 8.44. The smallest absolute Gasteiger partial charge is 0.226 e. The zero-order valence-corrected chi connectivity index (χ0v) is 21.1. The minimum absolute atomic E-state index is 0.108. The molecule has 2 aliphatic rings. The lowest BCUT2D eigenvalue weighted by Gasteiger charge is -2.30. The Labute approximate surface area is 203 Å². The minimum atomic E-state index is -0.227. The quantitative estimate of drug-likeness (QED) is 0.547. The van der Waals surface area contributed by atoms with Crippen molar-refractivity contribution < 1.29 is 13.6 Å². The van der Waals surface area contributed by atoms with E-state index in [0.29, 0.717) is 18.0 Å². The Morgan fingerprint density at radius 2 is 1.85 bits per heavy atom. The summed E-state index contributed by atoms with van der Waals surface area (Å²) < 4.78 is 19.1. The number of hydrogen-bond donors (Lipinski definition) is 1. The number of nitrogens with zero attached hydrogens (tertiary/aromatic N) is 3. The molecular weight excluding hydrogens is 431 g/mol. The topological polar surface area (TPSA) is 61.6 Å². The van der Waals surface area contributed by atoms with Gasteiger partial charge in [-0.1, -0.05) is 20.3 Å². The fraction of sp³-hybridized carbons (Fsp3) is 0.630. The molecule has 2 saturated heterocycles. The van der Waals surface area contributed by atoms with Crippen molar-refractivity contribution in [3.8, 4) is 11.5 Å². The molecule has 4 rings (SSSR count). The fourth-order valence-corrected chi connectivity index (χ4v) is 4.71. The van der Waals surface area contributed by atoms with Crippen LogP contribution in [-0.2, 0) is 11.3 Å². The predicted molar refractivity (Wildman–Crippen MR) is 134 cm³/mol. The Kier molecular flexibility index (Phi) is 10.5. The molecule has 0 unspecified atom stereocenters. The monoisotopic (exact) mass is 472 g/mol. The van der Waals surface area contributed by atoms with E-state index in [1.807, 2.05) is 13.8 Å². The first-order valence-electron chi connectivity index (χ1n) is 13.0. The van der Waals surface area contributed by atoms with Crippen molar-refractivity contribution >= 4 is 5.91 Å². The number of piperidine rings is 2. The number of carbonyl (C=O) groups excluding carboxylic acids is 1. The normalized spacial score (nSPS) is 17.8. The number of halogens is 1. The van der Waals surface area contributed by atoms with Gasteiger partial charge in [0.15, 0.2) is 0 Å². The third-order valence-corrected chi connectivity index (χ3v) is 6.70. The number of rotatable bonds is 8. The Morgan fingerprint density at radius 1 is 1.12 bits per heavy atom. The van der Waals surface area contributed by atoms with Crippen LogP contribution in [0.1, 0.15) is 63.6 Å². The van der Waals surface area contributed by atoms with Crippen molar-refractivity contribution in [2.24, 2.45) is 5.92 Å². The molecule has 6 nitrogen and oxygen atoms in total. The van der Waals surface area contributed by atoms with Crippen LogP contribution in [0.5, 0.6) is 0 Å². The molecule has 0 bridgehead atoms. The molecule has 1 N–H and O–H groups in total. The van der Waals surface area contributed by atoms with Crippen LogP contribution in [0.15, 0.2) is 28.9 Å². The Balaban J connectivity index is 0.00000158. The summed E-state index contributed by atoms with van der Waals surface area (Å²) in [6, 6.07) is 4.88. The summed E-state index contributed by atoms with van der Waals surface area (Å²) in [4.78, 5) is 21.9. The maximum absolute atomic E-state index is 13.5. The Morgan fingerprint density at radius 3 is 2.56 bits per heavy atom. The van der Waals surface area contributed by atoms with Crippen LogP contribution < -0.4 is 5.32 Å². The average Bonchev–Trinajstić information content (AvgIpc) is 3.34. The summed E-state index contributed by atoms with van der Waals surface area (Å²) in [5.74, 6) is 0.603. The highest BCUT2D eigenvalue weighted by Crippen LogP contribution is 2.23. The van der Waals surface area contributed by atoms with Crippen molar-refractivity contribution in [2.75, 3.05) is 39.3 Å². The molecule has 0 spiro atoms. The first-order valence-corrected chi connectivity index (χ1v) is 13.0. The summed E-state index contributed by atoms with van der Waals surface area (Å²) >= 11 is 0. The number of likely N-dealkylation sites (tertiary alicyclic amines) is 2. The van der Waals surface area contributed by atoms with Crippen LogP contribution in [-0.4, -0.2) is 60.0 Å². The second kappa shape index (κ2) is 13.6. The molecule has 2 aliphatic heterocycles. The largest absolute Gasteiger partial charge is 0.444 e. The highest BCUT2D eigenvalue weighted by molar-refractivity contribution is 5.78. The summed E-state index contributed by atoms with van der Waals surface area (Å²) in [5, 5.41) is 3.15. The molecule has 2 aromatic rings. The fourth-order valence-electron chi connectivity index (χ4n) is 4.71. The molecule has 1 aromatic carbocycles. The van der Waals surface area contributed by atoms with Crippen molar-refractivity contribution in [2.45, 2.75) is 65.8 Å². The number of aromatic nitrogens is 1. The molecule has 0 saturated carbocycles. The zero-order valence-electron chi connectivity index (χ0n) is 21.1. The van der Waals surface area contributed by atoms with Gasteiger partial charge in [-0.3, -0.25) is 9.69 Å². The minimum Gasteiger partial charge on any atom is -0.444 e. The SMILES string of the molecule is CC.Cc1cc(-c2nc(CN3CCC(C(=O)NCCCN4CCCCC4)CC3)co2)ccc1F. The lowest BCUT2D eigenvalue weighted by Crippen LogP contribution is -2.41. The van der Waals surface area contributed by atoms with Gasteiger partial charge >= 0.3 is 0 Å². The molecule has 1 amide bonds. The lowest BCUT2D eigenvalue weighted by atomic mass is 9.96. The average molecular weight is 473 g/mol. The molecule has 34 heavy (non-hydrogen) atoms. The van der Waals surface area contributed by atoms with E-state index >= 15 is 0 Å². The highest BCUT2D eigenvalue weighted by atomic mass is 19.1. The second-order valence-corrected chi connectivity index (χ2v) is 9.21. The number of carbonyl (C=O) groups is 1. The third kappa shape index (κ3) is 7.64. The van der Waals surface area contributed by atoms with E-state index in [-0.39, 0.29) is 17.6 Å². The van der Waals surface area contributed by atoms with Gasteiger partial charge in [-0.05, 0) is 95.5 Å². The molecule has 0 aliphatic carbocycles. The van der Waals surface area contributed by atoms with Crippen molar-refractivity contribution in [1.82, 2.24) is 20.1 Å². The summed E-state index contributed by atoms with van der Waals surface area (Å²) in [7, 11) is 0. The van der Waals surface area contributed by atoms with Gasteiger partial charge in [0.25, 0.3) is 0 Å². The van der Waals surface area contributed by atoms with Crippen molar-refractivity contribution in [1.29, 1.82) is 0 Å². The predicted octanol–water partition coefficient (Wildman–Crippen LogP) is 5.02. The lowest BCUT2D eigenvalue weighted by molar-refractivity contribution is -0.126. The van der Waals surface area contributed by atoms with Crippen LogP contribution in [0.4, 0.5) is 4.39 Å². The third-order valence-electron chi connectivity index (χ3n) is 6.70. The summed E-state index contributed by atoms with van der Waals surface area (Å²) in [6.45, 7) is 12.5. The van der Waals surface area contributed by atoms with E-state index in [0.717, 1.165) is 56.7 Å². The molecule has 188 valence electrons. The Hall–Kier alpha value is -2.25. The van der Waals surface area contributed by atoms with Gasteiger partial charge in [0, 0.05) is 24.6 Å². The van der Waals surface area contributed by atoms with E-state index in [1.165, 1.54) is 38.4 Å². The molecule has 1 aromatic heterocycles. The van der Waals surface area contributed by atoms with Crippen LogP contribution >= 0.6 is 0 Å². The van der Waals surface area contributed by atoms with Crippen LogP contribution in [0.3, 0.4) is 0 Å². The van der Waals surface area contributed by atoms with Crippen LogP contribution in [0, 0.1) is 18.7 Å². The van der Waals surface area contributed by atoms with E-state index in [1.54, 1.807) is 25.3 Å². The van der Waals surface area contributed by atoms with Gasteiger partial charge in [-0.15, -0.1) is 0 Å². The van der Waals surface area contributed by atoms with E-state index < -0.39 is 0 Å². The van der Waals surface area contributed by atoms with Gasteiger partial charge in [0.2, 0.25) is 11.8 Å². The molecular formula is C27H41FN4O2.